The van der Waals surface area contributed by atoms with Crippen LogP contribution in [0.3, 0.4) is 0 Å². The number of ether oxygens (including phenoxy) is 1. The second kappa shape index (κ2) is 8.31. The average Bonchev–Trinajstić information content (AvgIpc) is 3.26. The van der Waals surface area contributed by atoms with Crippen molar-refractivity contribution in [2.75, 3.05) is 11.9 Å². The molecular formula is C25H17N3O4. The number of carbonyl (C=O) groups is 2. The molecule has 0 atom stereocenters. The fourth-order valence-electron chi connectivity index (χ4n) is 3.50. The van der Waals surface area contributed by atoms with Gasteiger partial charge < -0.3 is 14.5 Å². The van der Waals surface area contributed by atoms with Crippen LogP contribution in [-0.4, -0.2) is 28.5 Å². The molecule has 0 radical (unpaired) electrons. The molecular weight excluding hydrogens is 406 g/mol. The Kier molecular flexibility index (Phi) is 5.05. The van der Waals surface area contributed by atoms with Gasteiger partial charge >= 0.3 is 5.97 Å². The number of esters is 1. The third-order valence-electron chi connectivity index (χ3n) is 4.92. The second-order valence-electron chi connectivity index (χ2n) is 7.04. The summed E-state index contributed by atoms with van der Waals surface area (Å²) >= 11 is 0. The molecule has 0 aliphatic heterocycles. The van der Waals surface area contributed by atoms with Crippen LogP contribution >= 0.6 is 0 Å². The number of pyridine rings is 1. The van der Waals surface area contributed by atoms with Gasteiger partial charge in [0.15, 0.2) is 12.2 Å². The third kappa shape index (κ3) is 3.79. The lowest BCUT2D eigenvalue weighted by molar-refractivity contribution is -0.119. The monoisotopic (exact) mass is 423 g/mol. The highest BCUT2D eigenvalue weighted by atomic mass is 16.5. The van der Waals surface area contributed by atoms with Crippen LogP contribution in [0.25, 0.3) is 33.3 Å². The van der Waals surface area contributed by atoms with Crippen LogP contribution < -0.4 is 5.32 Å². The van der Waals surface area contributed by atoms with Crippen molar-refractivity contribution in [3.05, 3.63) is 90.6 Å². The molecule has 7 heteroatoms. The minimum atomic E-state index is -0.615. The second-order valence-corrected chi connectivity index (χ2v) is 7.04. The molecule has 0 unspecified atom stereocenters. The standard InChI is InChI=1S/C25H17N3O4/c29-22(28-21-13-3-4-14-26-21)15-31-25(30)18-10-6-8-16-7-5-9-17(23(16)18)24-27-19-11-1-2-12-20(19)32-24/h1-14H,15H2,(H,26,28,29). The van der Waals surface area contributed by atoms with Crippen molar-refractivity contribution in [1.82, 2.24) is 9.97 Å². The van der Waals surface area contributed by atoms with Gasteiger partial charge in [-0.25, -0.2) is 14.8 Å². The Bertz CT molecular complexity index is 1410. The fraction of sp³-hybridized carbons (Fsp3) is 0.0400. The van der Waals surface area contributed by atoms with Crippen LogP contribution in [0.4, 0.5) is 5.82 Å². The van der Waals surface area contributed by atoms with E-state index in [1.165, 1.54) is 0 Å². The summed E-state index contributed by atoms with van der Waals surface area (Å²) in [7, 11) is 0. The Hall–Kier alpha value is -4.52. The van der Waals surface area contributed by atoms with Gasteiger partial charge in [0.25, 0.3) is 5.91 Å². The van der Waals surface area contributed by atoms with Crippen molar-refractivity contribution in [3.8, 4) is 11.5 Å². The molecule has 0 fully saturated rings. The Balaban J connectivity index is 1.45. The highest BCUT2D eigenvalue weighted by molar-refractivity contribution is 6.10. The molecule has 156 valence electrons. The van der Waals surface area contributed by atoms with Gasteiger partial charge in [0.1, 0.15) is 11.3 Å². The lowest BCUT2D eigenvalue weighted by Crippen LogP contribution is -2.21. The first-order valence-electron chi connectivity index (χ1n) is 9.95. The highest BCUT2D eigenvalue weighted by Gasteiger charge is 2.19. The normalized spacial score (nSPS) is 10.9. The lowest BCUT2D eigenvalue weighted by Gasteiger charge is -2.10. The van der Waals surface area contributed by atoms with E-state index >= 15 is 0 Å². The number of amides is 1. The zero-order valence-corrected chi connectivity index (χ0v) is 16.8. The summed E-state index contributed by atoms with van der Waals surface area (Å²) in [6.07, 6.45) is 1.56. The van der Waals surface area contributed by atoms with Crippen LogP contribution in [0, 0.1) is 0 Å². The first-order valence-corrected chi connectivity index (χ1v) is 9.95. The minimum absolute atomic E-state index is 0.325. The summed E-state index contributed by atoms with van der Waals surface area (Å²) in [6, 6.07) is 23.5. The topological polar surface area (TPSA) is 94.3 Å². The summed E-state index contributed by atoms with van der Waals surface area (Å²) in [5.74, 6) is -0.298. The minimum Gasteiger partial charge on any atom is -0.452 e. The summed E-state index contributed by atoms with van der Waals surface area (Å²) in [5.41, 5.74) is 2.38. The molecule has 32 heavy (non-hydrogen) atoms. The van der Waals surface area contributed by atoms with Gasteiger partial charge in [-0.15, -0.1) is 0 Å². The molecule has 2 aromatic heterocycles. The van der Waals surface area contributed by atoms with E-state index in [0.29, 0.717) is 33.8 Å². The number of oxazole rings is 1. The summed E-state index contributed by atoms with van der Waals surface area (Å²) in [5, 5.41) is 4.07. The number of hydrogen-bond acceptors (Lipinski definition) is 6. The van der Waals surface area contributed by atoms with Crippen molar-refractivity contribution in [2.24, 2.45) is 0 Å². The zero-order valence-electron chi connectivity index (χ0n) is 16.8. The number of carbonyl (C=O) groups excluding carboxylic acids is 2. The molecule has 2 heterocycles. The van der Waals surface area contributed by atoms with Crippen LogP contribution in [0.1, 0.15) is 10.4 Å². The van der Waals surface area contributed by atoms with Crippen LogP contribution in [0.15, 0.2) is 89.5 Å². The Morgan fingerprint density at radius 2 is 1.72 bits per heavy atom. The Morgan fingerprint density at radius 1 is 0.906 bits per heavy atom. The molecule has 0 saturated carbocycles. The number of hydrogen-bond donors (Lipinski definition) is 1. The maximum Gasteiger partial charge on any atom is 0.339 e. The van der Waals surface area contributed by atoms with Gasteiger partial charge in [-0.1, -0.05) is 42.5 Å². The molecule has 0 bridgehead atoms. The third-order valence-corrected chi connectivity index (χ3v) is 4.92. The van der Waals surface area contributed by atoms with E-state index in [2.05, 4.69) is 15.3 Å². The maximum atomic E-state index is 12.9. The largest absolute Gasteiger partial charge is 0.452 e. The van der Waals surface area contributed by atoms with Crippen molar-refractivity contribution in [3.63, 3.8) is 0 Å². The number of rotatable bonds is 5. The van der Waals surface area contributed by atoms with E-state index < -0.39 is 18.5 Å². The first kappa shape index (κ1) is 19.4. The predicted octanol–water partition coefficient (Wildman–Crippen LogP) is 4.84. The van der Waals surface area contributed by atoms with Gasteiger partial charge in [-0.2, -0.15) is 0 Å². The first-order chi connectivity index (χ1) is 15.7. The van der Waals surface area contributed by atoms with Gasteiger partial charge in [0, 0.05) is 17.1 Å². The molecule has 3 aromatic carbocycles. The molecule has 0 spiro atoms. The van der Waals surface area contributed by atoms with Gasteiger partial charge in [0.05, 0.1) is 5.56 Å². The Morgan fingerprint density at radius 3 is 2.53 bits per heavy atom. The number of aromatic nitrogens is 2. The molecule has 1 amide bonds. The van der Waals surface area contributed by atoms with Crippen LogP contribution in [0.5, 0.6) is 0 Å². The highest BCUT2D eigenvalue weighted by Crippen LogP contribution is 2.33. The van der Waals surface area contributed by atoms with Crippen molar-refractivity contribution >= 4 is 39.6 Å². The zero-order chi connectivity index (χ0) is 21.9. The van der Waals surface area contributed by atoms with E-state index in [1.807, 2.05) is 48.5 Å². The summed E-state index contributed by atoms with van der Waals surface area (Å²) in [4.78, 5) is 33.6. The number of benzene rings is 3. The Labute approximate surface area is 182 Å². The van der Waals surface area contributed by atoms with Gasteiger partial charge in [-0.3, -0.25) is 4.79 Å². The number of nitrogens with zero attached hydrogens (tertiary/aromatic N) is 2. The van der Waals surface area contributed by atoms with Crippen molar-refractivity contribution in [1.29, 1.82) is 0 Å². The van der Waals surface area contributed by atoms with E-state index in [1.54, 1.807) is 36.5 Å². The summed E-state index contributed by atoms with van der Waals surface area (Å²) in [6.45, 7) is -0.434. The van der Waals surface area contributed by atoms with E-state index in [4.69, 9.17) is 9.15 Å². The summed E-state index contributed by atoms with van der Waals surface area (Å²) < 4.78 is 11.2. The van der Waals surface area contributed by atoms with Gasteiger partial charge in [-0.05, 0) is 41.8 Å². The fourth-order valence-corrected chi connectivity index (χ4v) is 3.50. The SMILES string of the molecule is O=C(COC(=O)c1cccc2cccc(-c3nc4ccccc4o3)c12)Nc1ccccn1. The average molecular weight is 423 g/mol. The van der Waals surface area contributed by atoms with E-state index in [9.17, 15) is 9.59 Å². The van der Waals surface area contributed by atoms with Gasteiger partial charge in [0.2, 0.25) is 5.89 Å². The predicted molar refractivity (Wildman–Crippen MR) is 120 cm³/mol. The lowest BCUT2D eigenvalue weighted by atomic mass is 9.99. The molecule has 5 aromatic rings. The van der Waals surface area contributed by atoms with Crippen LogP contribution in [-0.2, 0) is 9.53 Å². The molecule has 0 saturated heterocycles. The van der Waals surface area contributed by atoms with Crippen LogP contribution in [0.2, 0.25) is 0 Å². The quantitative estimate of drug-likeness (QED) is 0.407. The van der Waals surface area contributed by atoms with Crippen molar-refractivity contribution in [2.45, 2.75) is 0 Å². The molecule has 5 rings (SSSR count). The molecule has 7 nitrogen and oxygen atoms in total. The smallest absolute Gasteiger partial charge is 0.339 e. The number of anilines is 1. The molecule has 1 N–H and O–H groups in total. The molecule has 0 aliphatic rings. The number of fused-ring (bicyclic) bond motifs is 2. The number of para-hydroxylation sites is 2. The molecule has 0 aliphatic carbocycles. The number of nitrogens with one attached hydrogen (secondary N) is 1. The van der Waals surface area contributed by atoms with Crippen molar-refractivity contribution < 1.29 is 18.7 Å². The van der Waals surface area contributed by atoms with E-state index in [-0.39, 0.29) is 0 Å². The maximum absolute atomic E-state index is 12.9. The van der Waals surface area contributed by atoms with E-state index in [0.717, 1.165) is 10.9 Å².